The molecule has 2 heteroatoms. The average Bonchev–Trinajstić information content (AvgIpc) is 2.58. The first-order valence-electron chi connectivity index (χ1n) is 10.1. The van der Waals surface area contributed by atoms with Crippen LogP contribution in [-0.4, -0.2) is 13.1 Å². The second kappa shape index (κ2) is 14.8. The molecule has 1 aliphatic carbocycles. The summed E-state index contributed by atoms with van der Waals surface area (Å²) in [5.74, 6) is -0.0783. The number of rotatable bonds is 4. The lowest BCUT2D eigenvalue weighted by molar-refractivity contribution is -0.140. The van der Waals surface area contributed by atoms with Crippen LogP contribution in [0.2, 0.25) is 0 Å². The van der Waals surface area contributed by atoms with Crippen molar-refractivity contribution >= 4 is 5.97 Å². The Bertz CT molecular complexity index is 302. The first-order valence-corrected chi connectivity index (χ1v) is 10.1. The van der Waals surface area contributed by atoms with E-state index in [0.29, 0.717) is 6.42 Å². The zero-order valence-electron chi connectivity index (χ0n) is 15.4. The van der Waals surface area contributed by atoms with Crippen LogP contribution in [0.3, 0.4) is 0 Å². The van der Waals surface area contributed by atoms with E-state index in [2.05, 4.69) is 6.08 Å². The standard InChI is InChI=1S/C21H38O2/c1-23-21(22)19-15-14-18-20-16-12-10-8-6-4-2-3-5-7-9-11-13-17-20/h18H,2-17,19H2,1H3. The Hall–Kier alpha value is -0.790. The Morgan fingerprint density at radius 3 is 1.70 bits per heavy atom. The normalized spacial score (nSPS) is 19.4. The van der Waals surface area contributed by atoms with Crippen LogP contribution < -0.4 is 0 Å². The van der Waals surface area contributed by atoms with Crippen molar-refractivity contribution in [1.29, 1.82) is 0 Å². The molecule has 0 radical (unpaired) electrons. The zero-order valence-corrected chi connectivity index (χ0v) is 15.4. The van der Waals surface area contributed by atoms with Crippen molar-refractivity contribution in [1.82, 2.24) is 0 Å². The smallest absolute Gasteiger partial charge is 0.305 e. The van der Waals surface area contributed by atoms with Crippen LogP contribution >= 0.6 is 0 Å². The fraction of sp³-hybridized carbons (Fsp3) is 0.857. The van der Waals surface area contributed by atoms with Gasteiger partial charge in [-0.3, -0.25) is 4.79 Å². The molecule has 0 atom stereocenters. The molecule has 1 saturated carbocycles. The largest absolute Gasteiger partial charge is 0.469 e. The molecule has 1 aliphatic rings. The van der Waals surface area contributed by atoms with Gasteiger partial charge in [-0.15, -0.1) is 0 Å². The summed E-state index contributed by atoms with van der Waals surface area (Å²) in [6, 6.07) is 0. The maximum Gasteiger partial charge on any atom is 0.305 e. The van der Waals surface area contributed by atoms with Gasteiger partial charge >= 0.3 is 5.97 Å². The van der Waals surface area contributed by atoms with Crippen LogP contribution in [0, 0.1) is 0 Å². The Morgan fingerprint density at radius 2 is 1.26 bits per heavy atom. The lowest BCUT2D eigenvalue weighted by Gasteiger charge is -2.08. The molecule has 1 rings (SSSR count). The molecular weight excluding hydrogens is 284 g/mol. The van der Waals surface area contributed by atoms with Crippen LogP contribution in [0.25, 0.3) is 0 Å². The van der Waals surface area contributed by atoms with E-state index in [1.54, 1.807) is 5.57 Å². The van der Waals surface area contributed by atoms with Crippen molar-refractivity contribution in [3.63, 3.8) is 0 Å². The third-order valence-electron chi connectivity index (χ3n) is 4.99. The fourth-order valence-corrected chi connectivity index (χ4v) is 3.46. The van der Waals surface area contributed by atoms with Gasteiger partial charge in [0.05, 0.1) is 7.11 Å². The van der Waals surface area contributed by atoms with Gasteiger partial charge in [-0.25, -0.2) is 0 Å². The minimum atomic E-state index is -0.0783. The molecule has 1 fully saturated rings. The second-order valence-corrected chi connectivity index (χ2v) is 7.07. The van der Waals surface area contributed by atoms with Gasteiger partial charge in [0, 0.05) is 6.42 Å². The van der Waals surface area contributed by atoms with Gasteiger partial charge in [0.25, 0.3) is 0 Å². The molecule has 23 heavy (non-hydrogen) atoms. The maximum atomic E-state index is 11.2. The molecule has 0 spiro atoms. The number of unbranched alkanes of at least 4 members (excludes halogenated alkanes) is 1. The average molecular weight is 323 g/mol. The van der Waals surface area contributed by atoms with Crippen molar-refractivity contribution in [3.05, 3.63) is 11.6 Å². The third-order valence-corrected chi connectivity index (χ3v) is 4.99. The molecule has 2 nitrogen and oxygen atoms in total. The van der Waals surface area contributed by atoms with E-state index >= 15 is 0 Å². The highest BCUT2D eigenvalue weighted by Gasteiger charge is 2.02. The Kier molecular flexibility index (Phi) is 13.0. The second-order valence-electron chi connectivity index (χ2n) is 7.07. The number of carbonyl (C=O) groups is 1. The van der Waals surface area contributed by atoms with Crippen molar-refractivity contribution in [2.24, 2.45) is 0 Å². The zero-order chi connectivity index (χ0) is 16.6. The van der Waals surface area contributed by atoms with Crippen LogP contribution in [0.15, 0.2) is 11.6 Å². The molecule has 0 unspecified atom stereocenters. The summed E-state index contributed by atoms with van der Waals surface area (Å²) in [6.07, 6.45) is 24.4. The van der Waals surface area contributed by atoms with Gasteiger partial charge in [-0.1, -0.05) is 75.9 Å². The van der Waals surface area contributed by atoms with Crippen LogP contribution in [0.1, 0.15) is 109 Å². The molecule has 0 aromatic carbocycles. The number of methoxy groups -OCH3 is 1. The number of hydrogen-bond donors (Lipinski definition) is 0. The van der Waals surface area contributed by atoms with Crippen molar-refractivity contribution < 1.29 is 9.53 Å². The van der Waals surface area contributed by atoms with E-state index in [-0.39, 0.29) is 5.97 Å². The molecule has 0 aromatic heterocycles. The lowest BCUT2D eigenvalue weighted by Crippen LogP contribution is -1.98. The van der Waals surface area contributed by atoms with Gasteiger partial charge < -0.3 is 4.74 Å². The van der Waals surface area contributed by atoms with E-state index in [9.17, 15) is 4.79 Å². The van der Waals surface area contributed by atoms with E-state index < -0.39 is 0 Å². The Balaban J connectivity index is 2.31. The van der Waals surface area contributed by atoms with Gasteiger partial charge in [0.1, 0.15) is 0 Å². The quantitative estimate of drug-likeness (QED) is 0.326. The summed E-state index contributed by atoms with van der Waals surface area (Å²) in [4.78, 5) is 11.2. The van der Waals surface area contributed by atoms with E-state index in [1.807, 2.05) is 0 Å². The van der Waals surface area contributed by atoms with E-state index in [4.69, 9.17) is 4.74 Å². The summed E-state index contributed by atoms with van der Waals surface area (Å²) < 4.78 is 4.71. The predicted molar refractivity (Wildman–Crippen MR) is 98.6 cm³/mol. The molecule has 0 heterocycles. The van der Waals surface area contributed by atoms with Crippen LogP contribution in [0.5, 0.6) is 0 Å². The number of carbonyl (C=O) groups excluding carboxylic acids is 1. The highest BCUT2D eigenvalue weighted by atomic mass is 16.5. The van der Waals surface area contributed by atoms with Crippen LogP contribution in [-0.2, 0) is 9.53 Å². The molecule has 0 aliphatic heterocycles. The van der Waals surface area contributed by atoms with Gasteiger partial charge in [-0.05, 0) is 38.5 Å². The summed E-state index contributed by atoms with van der Waals surface area (Å²) in [7, 11) is 1.47. The Labute approximate surface area is 144 Å². The summed E-state index contributed by atoms with van der Waals surface area (Å²) >= 11 is 0. The lowest BCUT2D eigenvalue weighted by atomic mass is 9.98. The number of allylic oxidation sites excluding steroid dienone is 2. The van der Waals surface area contributed by atoms with Gasteiger partial charge in [0.2, 0.25) is 0 Å². The highest BCUT2D eigenvalue weighted by Crippen LogP contribution is 2.21. The molecule has 0 bridgehead atoms. The molecular formula is C21H38O2. The number of ether oxygens (including phenoxy) is 1. The molecule has 0 aromatic rings. The monoisotopic (exact) mass is 322 g/mol. The highest BCUT2D eigenvalue weighted by molar-refractivity contribution is 5.69. The number of esters is 1. The summed E-state index contributed by atoms with van der Waals surface area (Å²) in [6.45, 7) is 0. The molecule has 134 valence electrons. The molecule has 0 N–H and O–H groups in total. The molecule has 0 saturated heterocycles. The maximum absolute atomic E-state index is 11.2. The predicted octanol–water partition coefficient (Wildman–Crippen LogP) is 6.73. The fourth-order valence-electron chi connectivity index (χ4n) is 3.46. The first kappa shape index (κ1) is 20.3. The summed E-state index contributed by atoms with van der Waals surface area (Å²) in [5, 5.41) is 0. The van der Waals surface area contributed by atoms with E-state index in [0.717, 1.165) is 12.8 Å². The first-order chi connectivity index (χ1) is 11.3. The van der Waals surface area contributed by atoms with Gasteiger partial charge in [-0.2, -0.15) is 0 Å². The third kappa shape index (κ3) is 12.3. The minimum Gasteiger partial charge on any atom is -0.469 e. The molecule has 0 amide bonds. The van der Waals surface area contributed by atoms with E-state index in [1.165, 1.54) is 97.0 Å². The van der Waals surface area contributed by atoms with Crippen molar-refractivity contribution in [2.75, 3.05) is 7.11 Å². The van der Waals surface area contributed by atoms with Crippen molar-refractivity contribution in [2.45, 2.75) is 109 Å². The SMILES string of the molecule is COC(=O)CCCC=C1CCCCCCCCCCCCCC1. The summed E-state index contributed by atoms with van der Waals surface area (Å²) in [5.41, 5.74) is 1.64. The van der Waals surface area contributed by atoms with Gasteiger partial charge in [0.15, 0.2) is 0 Å². The van der Waals surface area contributed by atoms with Crippen LogP contribution in [0.4, 0.5) is 0 Å². The Morgan fingerprint density at radius 1 is 0.826 bits per heavy atom. The minimum absolute atomic E-state index is 0.0783. The topological polar surface area (TPSA) is 26.3 Å². The van der Waals surface area contributed by atoms with Crippen molar-refractivity contribution in [3.8, 4) is 0 Å². The number of hydrogen-bond acceptors (Lipinski definition) is 2.